The molecule has 1 spiro atoms. The Balaban J connectivity index is 1.30. The highest BCUT2D eigenvalue weighted by molar-refractivity contribution is 5.95. The number of carbonyl (C=O) groups excluding carboxylic acids is 2. The molecule has 2 amide bonds. The van der Waals surface area contributed by atoms with Crippen LogP contribution in [0.25, 0.3) is 22.0 Å². The van der Waals surface area contributed by atoms with Gasteiger partial charge in [0.2, 0.25) is 5.91 Å². The summed E-state index contributed by atoms with van der Waals surface area (Å²) >= 11 is 0. The molecule has 2 saturated heterocycles. The molecule has 3 heterocycles. The molecular formula is C24H23N5O3. The average molecular weight is 429 g/mol. The zero-order valence-electron chi connectivity index (χ0n) is 17.5. The van der Waals surface area contributed by atoms with Crippen molar-refractivity contribution in [2.75, 3.05) is 39.4 Å². The van der Waals surface area contributed by atoms with Crippen molar-refractivity contribution in [1.82, 2.24) is 20.5 Å². The van der Waals surface area contributed by atoms with Crippen LogP contribution in [0.5, 0.6) is 0 Å². The Hall–Kier alpha value is -3.67. The number of hydrogen-bond acceptors (Lipinski definition) is 5. The van der Waals surface area contributed by atoms with Crippen LogP contribution < -0.4 is 10.6 Å². The first-order valence-corrected chi connectivity index (χ1v) is 10.6. The zero-order chi connectivity index (χ0) is 22.1. The van der Waals surface area contributed by atoms with E-state index in [0.717, 1.165) is 22.0 Å². The lowest BCUT2D eigenvalue weighted by atomic mass is 9.96. The predicted octanol–water partition coefficient (Wildman–Crippen LogP) is 1.64. The summed E-state index contributed by atoms with van der Waals surface area (Å²) in [5.41, 5.74) is 3.41. The van der Waals surface area contributed by atoms with Crippen molar-refractivity contribution in [3.05, 3.63) is 59.8 Å². The van der Waals surface area contributed by atoms with Crippen molar-refractivity contribution in [2.45, 2.75) is 5.54 Å². The van der Waals surface area contributed by atoms with Crippen molar-refractivity contribution in [3.63, 3.8) is 0 Å². The summed E-state index contributed by atoms with van der Waals surface area (Å²) in [5.74, 6) is -0.128. The van der Waals surface area contributed by atoms with Crippen LogP contribution in [0, 0.1) is 11.3 Å². The Morgan fingerprint density at radius 3 is 2.50 bits per heavy atom. The van der Waals surface area contributed by atoms with Crippen LogP contribution in [0.4, 0.5) is 0 Å². The minimum absolute atomic E-state index is 0.0619. The number of benzene rings is 2. The van der Waals surface area contributed by atoms with E-state index >= 15 is 0 Å². The number of nitriles is 1. The van der Waals surface area contributed by atoms with E-state index in [0.29, 0.717) is 50.7 Å². The van der Waals surface area contributed by atoms with Crippen LogP contribution in [0.2, 0.25) is 0 Å². The molecule has 5 rings (SSSR count). The topological polar surface area (TPSA) is 110 Å². The lowest BCUT2D eigenvalue weighted by Gasteiger charge is -2.40. The van der Waals surface area contributed by atoms with Gasteiger partial charge in [-0.25, -0.2) is 0 Å². The van der Waals surface area contributed by atoms with E-state index in [1.54, 1.807) is 4.90 Å². The summed E-state index contributed by atoms with van der Waals surface area (Å²) in [4.78, 5) is 30.3. The van der Waals surface area contributed by atoms with Crippen LogP contribution in [0.3, 0.4) is 0 Å². The number of nitrogens with zero attached hydrogens (tertiary/aromatic N) is 2. The van der Waals surface area contributed by atoms with Gasteiger partial charge in [0.25, 0.3) is 5.91 Å². The normalized spacial score (nSPS) is 18.2. The molecule has 0 radical (unpaired) electrons. The number of nitrogens with one attached hydrogen (secondary N) is 3. The van der Waals surface area contributed by atoms with Crippen LogP contribution >= 0.6 is 0 Å². The highest BCUT2D eigenvalue weighted by Gasteiger charge is 2.45. The molecule has 32 heavy (non-hydrogen) atoms. The largest absolute Gasteiger partial charge is 0.376 e. The van der Waals surface area contributed by atoms with Crippen LogP contribution in [0.1, 0.15) is 16.1 Å². The van der Waals surface area contributed by atoms with Gasteiger partial charge in [0.1, 0.15) is 17.3 Å². The first-order valence-electron chi connectivity index (χ1n) is 10.6. The zero-order valence-corrected chi connectivity index (χ0v) is 17.5. The highest BCUT2D eigenvalue weighted by Crippen LogP contribution is 2.25. The third kappa shape index (κ3) is 3.62. The Morgan fingerprint density at radius 1 is 1.03 bits per heavy atom. The maximum atomic E-state index is 13.1. The van der Waals surface area contributed by atoms with E-state index < -0.39 is 5.54 Å². The second-order valence-corrected chi connectivity index (χ2v) is 8.22. The van der Waals surface area contributed by atoms with Gasteiger partial charge in [-0.2, -0.15) is 5.26 Å². The third-order valence-corrected chi connectivity index (χ3v) is 6.14. The number of carbonyl (C=O) groups is 2. The molecule has 3 aromatic rings. The average Bonchev–Trinajstić information content (AvgIpc) is 3.24. The molecule has 1 aromatic heterocycles. The van der Waals surface area contributed by atoms with Gasteiger partial charge in [-0.3, -0.25) is 14.9 Å². The second kappa shape index (κ2) is 8.11. The molecule has 162 valence electrons. The Kier molecular flexibility index (Phi) is 5.13. The van der Waals surface area contributed by atoms with Gasteiger partial charge >= 0.3 is 0 Å². The van der Waals surface area contributed by atoms with Crippen LogP contribution in [0.15, 0.2) is 48.5 Å². The quantitative estimate of drug-likeness (QED) is 0.574. The first-order chi connectivity index (χ1) is 15.6. The first kappa shape index (κ1) is 20.2. The van der Waals surface area contributed by atoms with Gasteiger partial charge in [0.05, 0.1) is 13.2 Å². The molecule has 0 unspecified atom stereocenters. The molecule has 2 aliphatic heterocycles. The SMILES string of the molecule is N#Cc1cc2cc(-c3ccc(C(=O)N4CCNC(=O)C5(COC5)NCC4)cc3)ccc2[nH]1. The predicted molar refractivity (Wildman–Crippen MR) is 119 cm³/mol. The molecule has 0 aliphatic carbocycles. The number of hydrogen-bond donors (Lipinski definition) is 3. The second-order valence-electron chi connectivity index (χ2n) is 8.22. The van der Waals surface area contributed by atoms with Gasteiger partial charge in [0, 0.05) is 42.6 Å². The number of aromatic nitrogens is 1. The summed E-state index contributed by atoms with van der Waals surface area (Å²) in [6.45, 7) is 2.63. The summed E-state index contributed by atoms with van der Waals surface area (Å²) in [5, 5.41) is 16.2. The number of rotatable bonds is 2. The molecule has 2 aliphatic rings. The number of fused-ring (bicyclic) bond motifs is 1. The maximum Gasteiger partial charge on any atom is 0.253 e. The van der Waals surface area contributed by atoms with Crippen molar-refractivity contribution < 1.29 is 14.3 Å². The summed E-state index contributed by atoms with van der Waals surface area (Å²) < 4.78 is 5.23. The Labute approximate surface area is 185 Å². The molecule has 0 saturated carbocycles. The van der Waals surface area contributed by atoms with Gasteiger partial charge in [-0.15, -0.1) is 0 Å². The van der Waals surface area contributed by atoms with Gasteiger partial charge in [-0.1, -0.05) is 18.2 Å². The lowest BCUT2D eigenvalue weighted by Crippen LogP contribution is -2.69. The van der Waals surface area contributed by atoms with E-state index in [9.17, 15) is 9.59 Å². The van der Waals surface area contributed by atoms with E-state index in [-0.39, 0.29) is 11.8 Å². The van der Waals surface area contributed by atoms with Gasteiger partial charge in [-0.05, 0) is 41.5 Å². The number of aromatic amines is 1. The van der Waals surface area contributed by atoms with Gasteiger partial charge < -0.3 is 19.9 Å². The fraction of sp³-hybridized carbons (Fsp3) is 0.292. The summed E-state index contributed by atoms with van der Waals surface area (Å²) in [7, 11) is 0. The van der Waals surface area contributed by atoms with E-state index in [1.807, 2.05) is 48.5 Å². The highest BCUT2D eigenvalue weighted by atomic mass is 16.5. The number of ether oxygens (including phenoxy) is 1. The number of H-pyrrole nitrogens is 1. The summed E-state index contributed by atoms with van der Waals surface area (Å²) in [6.07, 6.45) is 0. The van der Waals surface area contributed by atoms with Crippen molar-refractivity contribution in [1.29, 1.82) is 5.26 Å². The van der Waals surface area contributed by atoms with Crippen LogP contribution in [-0.2, 0) is 9.53 Å². The molecule has 8 nitrogen and oxygen atoms in total. The monoisotopic (exact) mass is 429 g/mol. The fourth-order valence-electron chi connectivity index (χ4n) is 4.20. The van der Waals surface area contributed by atoms with Crippen molar-refractivity contribution >= 4 is 22.7 Å². The smallest absolute Gasteiger partial charge is 0.253 e. The molecule has 0 atom stereocenters. The van der Waals surface area contributed by atoms with E-state index in [4.69, 9.17) is 10.00 Å². The molecule has 3 N–H and O–H groups in total. The maximum absolute atomic E-state index is 13.1. The Morgan fingerprint density at radius 2 is 1.78 bits per heavy atom. The molecule has 2 fully saturated rings. The third-order valence-electron chi connectivity index (χ3n) is 6.14. The van der Waals surface area contributed by atoms with Crippen molar-refractivity contribution in [2.24, 2.45) is 0 Å². The van der Waals surface area contributed by atoms with Crippen molar-refractivity contribution in [3.8, 4) is 17.2 Å². The molecule has 0 bridgehead atoms. The molecular weight excluding hydrogens is 406 g/mol. The number of amides is 2. The summed E-state index contributed by atoms with van der Waals surface area (Å²) in [6, 6.07) is 17.5. The molecule has 8 heteroatoms. The molecule has 2 aromatic carbocycles. The van der Waals surface area contributed by atoms with E-state index in [1.165, 1.54) is 0 Å². The van der Waals surface area contributed by atoms with Gasteiger partial charge in [0.15, 0.2) is 0 Å². The minimum atomic E-state index is -0.657. The lowest BCUT2D eigenvalue weighted by molar-refractivity contribution is -0.147. The van der Waals surface area contributed by atoms with Crippen LogP contribution in [-0.4, -0.2) is 66.6 Å². The standard InChI is InChI=1S/C24H23N5O3/c25-13-20-12-19-11-18(5-6-21(19)28-20)16-1-3-17(4-2-16)22(30)29-9-7-26-23(31)24(14-32-15-24)27-8-10-29/h1-6,11-12,27-28H,7-10,14-15H2,(H,26,31). The minimum Gasteiger partial charge on any atom is -0.376 e. The Bertz CT molecular complexity index is 1220. The fourth-order valence-corrected chi connectivity index (χ4v) is 4.20. The van der Waals surface area contributed by atoms with E-state index in [2.05, 4.69) is 21.7 Å².